The molecule has 0 N–H and O–H groups in total. The molecule has 0 atom stereocenters. The lowest BCUT2D eigenvalue weighted by Crippen LogP contribution is -2.07. The standard InChI is InChI=1S/C9H11ClN2OS/c1-6(5-13)4-7-8(10)11-9(14-7)12(2)3/h4-5H,1-3H3. The van der Waals surface area contributed by atoms with E-state index in [1.807, 2.05) is 19.0 Å². The maximum atomic E-state index is 10.4. The van der Waals surface area contributed by atoms with Gasteiger partial charge < -0.3 is 4.90 Å². The molecule has 3 nitrogen and oxygen atoms in total. The molecule has 0 amide bonds. The van der Waals surface area contributed by atoms with Gasteiger partial charge in [-0.3, -0.25) is 4.79 Å². The highest BCUT2D eigenvalue weighted by Gasteiger charge is 2.08. The predicted octanol–water partition coefficient (Wildman–Crippen LogP) is 2.46. The largest absolute Gasteiger partial charge is 0.354 e. The minimum absolute atomic E-state index is 0.444. The second-order valence-corrected chi connectivity index (χ2v) is 4.42. The Hall–Kier alpha value is -0.870. The first-order chi connectivity index (χ1) is 6.54. The monoisotopic (exact) mass is 230 g/mol. The number of hydrogen-bond acceptors (Lipinski definition) is 4. The van der Waals surface area contributed by atoms with Gasteiger partial charge in [0.2, 0.25) is 0 Å². The van der Waals surface area contributed by atoms with E-state index >= 15 is 0 Å². The summed E-state index contributed by atoms with van der Waals surface area (Å²) in [7, 11) is 3.80. The Labute approximate surface area is 92.0 Å². The van der Waals surface area contributed by atoms with Crippen LogP contribution in [0.1, 0.15) is 11.8 Å². The molecule has 76 valence electrons. The summed E-state index contributed by atoms with van der Waals surface area (Å²) in [4.78, 5) is 17.3. The van der Waals surface area contributed by atoms with Crippen LogP contribution in [0.15, 0.2) is 5.57 Å². The summed E-state index contributed by atoms with van der Waals surface area (Å²) >= 11 is 7.36. The Morgan fingerprint density at radius 1 is 1.57 bits per heavy atom. The van der Waals surface area contributed by atoms with Gasteiger partial charge in [0.15, 0.2) is 5.13 Å². The number of thiazole rings is 1. The van der Waals surface area contributed by atoms with E-state index in [0.717, 1.165) is 16.3 Å². The van der Waals surface area contributed by atoms with Crippen molar-refractivity contribution in [2.24, 2.45) is 0 Å². The van der Waals surface area contributed by atoms with Crippen LogP contribution in [0.4, 0.5) is 5.13 Å². The van der Waals surface area contributed by atoms with Crippen molar-refractivity contribution < 1.29 is 4.79 Å². The SMILES string of the molecule is CC(C=O)=Cc1sc(N(C)C)nc1Cl. The molecule has 1 heterocycles. The fourth-order valence-corrected chi connectivity index (χ4v) is 2.01. The van der Waals surface area contributed by atoms with Crippen LogP contribution >= 0.6 is 22.9 Å². The van der Waals surface area contributed by atoms with E-state index in [0.29, 0.717) is 10.7 Å². The van der Waals surface area contributed by atoms with Crippen molar-refractivity contribution in [3.05, 3.63) is 15.6 Å². The van der Waals surface area contributed by atoms with Crippen LogP contribution in [0.3, 0.4) is 0 Å². The quantitative estimate of drug-likeness (QED) is 0.591. The normalized spacial score (nSPS) is 11.6. The second-order valence-electron chi connectivity index (χ2n) is 3.05. The second kappa shape index (κ2) is 4.57. The summed E-state index contributed by atoms with van der Waals surface area (Å²) in [5.74, 6) is 0. The van der Waals surface area contributed by atoms with Gasteiger partial charge in [0.1, 0.15) is 11.4 Å². The minimum Gasteiger partial charge on any atom is -0.354 e. The van der Waals surface area contributed by atoms with E-state index < -0.39 is 0 Å². The van der Waals surface area contributed by atoms with Gasteiger partial charge in [-0.1, -0.05) is 22.9 Å². The van der Waals surface area contributed by atoms with Gasteiger partial charge in [0.05, 0.1) is 4.88 Å². The molecule has 1 aromatic rings. The Bertz CT molecular complexity index is 371. The number of aldehydes is 1. The molecule has 0 aliphatic rings. The molecule has 0 saturated heterocycles. The van der Waals surface area contributed by atoms with Gasteiger partial charge in [-0.15, -0.1) is 0 Å². The van der Waals surface area contributed by atoms with Crippen molar-refractivity contribution in [3.8, 4) is 0 Å². The molecule has 0 saturated carbocycles. The van der Waals surface area contributed by atoms with Crippen molar-refractivity contribution in [1.82, 2.24) is 4.98 Å². The van der Waals surface area contributed by atoms with Gasteiger partial charge >= 0.3 is 0 Å². The van der Waals surface area contributed by atoms with Crippen molar-refractivity contribution in [1.29, 1.82) is 0 Å². The molecule has 0 fully saturated rings. The molecule has 0 radical (unpaired) electrons. The Morgan fingerprint density at radius 2 is 2.21 bits per heavy atom. The lowest BCUT2D eigenvalue weighted by molar-refractivity contribution is -0.104. The van der Waals surface area contributed by atoms with Crippen LogP contribution in [-0.2, 0) is 4.79 Å². The summed E-state index contributed by atoms with van der Waals surface area (Å²) in [6.45, 7) is 1.73. The number of carbonyl (C=O) groups excluding carboxylic acids is 1. The summed E-state index contributed by atoms with van der Waals surface area (Å²) in [6.07, 6.45) is 2.53. The molecule has 0 aliphatic carbocycles. The first kappa shape index (κ1) is 11.2. The zero-order valence-corrected chi connectivity index (χ0v) is 9.82. The van der Waals surface area contributed by atoms with E-state index in [2.05, 4.69) is 4.98 Å². The third kappa shape index (κ3) is 2.56. The van der Waals surface area contributed by atoms with Gasteiger partial charge in [0.25, 0.3) is 0 Å². The lowest BCUT2D eigenvalue weighted by Gasteiger charge is -2.04. The molecule has 0 spiro atoms. The molecule has 14 heavy (non-hydrogen) atoms. The zero-order valence-electron chi connectivity index (χ0n) is 8.24. The Balaban J connectivity index is 3.04. The van der Waals surface area contributed by atoms with Crippen LogP contribution in [0.25, 0.3) is 6.08 Å². The lowest BCUT2D eigenvalue weighted by atomic mass is 10.3. The molecule has 0 aromatic carbocycles. The van der Waals surface area contributed by atoms with E-state index in [1.54, 1.807) is 13.0 Å². The highest BCUT2D eigenvalue weighted by atomic mass is 35.5. The van der Waals surface area contributed by atoms with Crippen LogP contribution in [0, 0.1) is 0 Å². The fraction of sp³-hybridized carbons (Fsp3) is 0.333. The zero-order chi connectivity index (χ0) is 10.7. The molecular formula is C9H11ClN2OS. The average Bonchev–Trinajstić information content (AvgIpc) is 2.48. The molecule has 1 rings (SSSR count). The van der Waals surface area contributed by atoms with Crippen molar-refractivity contribution in [2.45, 2.75) is 6.92 Å². The van der Waals surface area contributed by atoms with Crippen molar-refractivity contribution in [2.75, 3.05) is 19.0 Å². The molecule has 0 aliphatic heterocycles. The van der Waals surface area contributed by atoms with E-state index in [-0.39, 0.29) is 0 Å². The molecule has 0 unspecified atom stereocenters. The summed E-state index contributed by atoms with van der Waals surface area (Å²) in [5.41, 5.74) is 0.640. The van der Waals surface area contributed by atoms with Crippen LogP contribution in [0.2, 0.25) is 5.15 Å². The summed E-state index contributed by atoms with van der Waals surface area (Å²) < 4.78 is 0. The Morgan fingerprint density at radius 3 is 2.64 bits per heavy atom. The number of carbonyl (C=O) groups is 1. The van der Waals surface area contributed by atoms with Gasteiger partial charge in [0, 0.05) is 14.1 Å². The maximum Gasteiger partial charge on any atom is 0.186 e. The summed E-state index contributed by atoms with van der Waals surface area (Å²) in [5, 5.41) is 1.28. The minimum atomic E-state index is 0.444. The summed E-state index contributed by atoms with van der Waals surface area (Å²) in [6, 6.07) is 0. The first-order valence-electron chi connectivity index (χ1n) is 4.01. The number of hydrogen-bond donors (Lipinski definition) is 0. The predicted molar refractivity (Wildman–Crippen MR) is 61.2 cm³/mol. The number of nitrogens with zero attached hydrogens (tertiary/aromatic N) is 2. The number of allylic oxidation sites excluding steroid dienone is 1. The number of rotatable bonds is 3. The highest BCUT2D eigenvalue weighted by molar-refractivity contribution is 7.17. The molecule has 0 bridgehead atoms. The highest BCUT2D eigenvalue weighted by Crippen LogP contribution is 2.30. The Kier molecular flexibility index (Phi) is 3.66. The smallest absolute Gasteiger partial charge is 0.186 e. The van der Waals surface area contributed by atoms with Crippen molar-refractivity contribution >= 4 is 40.4 Å². The van der Waals surface area contributed by atoms with Gasteiger partial charge in [-0.2, -0.15) is 0 Å². The van der Waals surface area contributed by atoms with E-state index in [9.17, 15) is 4.79 Å². The number of halogens is 1. The number of anilines is 1. The van der Waals surface area contributed by atoms with Crippen LogP contribution < -0.4 is 4.90 Å². The van der Waals surface area contributed by atoms with E-state index in [4.69, 9.17) is 11.6 Å². The van der Waals surface area contributed by atoms with E-state index in [1.165, 1.54) is 11.3 Å². The molecule has 1 aromatic heterocycles. The van der Waals surface area contributed by atoms with Crippen LogP contribution in [0.5, 0.6) is 0 Å². The first-order valence-corrected chi connectivity index (χ1v) is 5.21. The molecular weight excluding hydrogens is 220 g/mol. The molecule has 5 heteroatoms. The maximum absolute atomic E-state index is 10.4. The van der Waals surface area contributed by atoms with Gasteiger partial charge in [-0.25, -0.2) is 4.98 Å². The number of aromatic nitrogens is 1. The average molecular weight is 231 g/mol. The third-order valence-electron chi connectivity index (χ3n) is 1.53. The fourth-order valence-electron chi connectivity index (χ4n) is 0.823. The van der Waals surface area contributed by atoms with Crippen LogP contribution in [-0.4, -0.2) is 25.4 Å². The topological polar surface area (TPSA) is 33.2 Å². The van der Waals surface area contributed by atoms with Crippen molar-refractivity contribution in [3.63, 3.8) is 0 Å². The third-order valence-corrected chi connectivity index (χ3v) is 3.10. The van der Waals surface area contributed by atoms with Gasteiger partial charge in [-0.05, 0) is 18.6 Å².